The molecule has 2 atom stereocenters. The number of aliphatic hydroxyl groups is 2. The predicted octanol–water partition coefficient (Wildman–Crippen LogP) is 22.7. The van der Waals surface area contributed by atoms with Crippen molar-refractivity contribution < 1.29 is 24.5 Å². The fourth-order valence-electron chi connectivity index (χ4n) is 11.0. The summed E-state index contributed by atoms with van der Waals surface area (Å²) in [5.74, 6) is -0.0645. The maximum atomic E-state index is 12.5. The second-order valence-electron chi connectivity index (χ2n) is 24.2. The van der Waals surface area contributed by atoms with Crippen LogP contribution in [0.25, 0.3) is 0 Å². The molecule has 0 saturated heterocycles. The molecule has 0 aliphatic heterocycles. The van der Waals surface area contributed by atoms with Crippen LogP contribution >= 0.6 is 0 Å². The Morgan fingerprint density at radius 2 is 0.667 bits per heavy atom. The molecule has 0 aromatic rings. The molecule has 0 heterocycles. The van der Waals surface area contributed by atoms with E-state index in [1.165, 1.54) is 308 Å². The van der Waals surface area contributed by atoms with Crippen molar-refractivity contribution in [3.63, 3.8) is 0 Å². The first kappa shape index (κ1) is 76.1. The summed E-state index contributed by atoms with van der Waals surface area (Å²) in [4.78, 5) is 24.6. The summed E-state index contributed by atoms with van der Waals surface area (Å²) in [6, 6.07) is -0.629. The normalized spacial score (nSPS) is 12.7. The fraction of sp³-hybridized carbons (Fsp3) is 0.889. The molecule has 0 rings (SSSR count). The first-order chi connectivity index (χ1) is 38.5. The molecule has 6 heteroatoms. The number of esters is 1. The van der Waals surface area contributed by atoms with Gasteiger partial charge < -0.3 is 20.3 Å². The van der Waals surface area contributed by atoms with Crippen molar-refractivity contribution in [1.82, 2.24) is 5.32 Å². The third-order valence-electron chi connectivity index (χ3n) is 16.4. The molecular formula is C72H137NO5. The Balaban J connectivity index is 3.41. The van der Waals surface area contributed by atoms with Crippen LogP contribution in [0.3, 0.4) is 0 Å². The standard InChI is InChI=1S/C72H137NO5/c1-3-5-7-9-11-13-15-17-18-19-20-21-22-23-25-28-31-34-37-41-44-48-52-56-60-64-70(75)69(68-74)73-71(76)65-61-57-53-49-45-42-38-35-32-29-26-24-27-30-33-36-39-43-47-51-55-59-63-67-78-72(77)66-62-58-54-50-46-40-16-14-12-10-8-6-4-2/h8,10,14,16,60,64,69-70,74-75H,3-7,9,11-13,15,17-59,61-63,65-68H2,1-2H3,(H,73,76)/b10-8-,16-14-,64-60+. The highest BCUT2D eigenvalue weighted by atomic mass is 16.5. The van der Waals surface area contributed by atoms with E-state index in [9.17, 15) is 19.8 Å². The first-order valence-corrected chi connectivity index (χ1v) is 35.3. The highest BCUT2D eigenvalue weighted by molar-refractivity contribution is 5.76. The minimum atomic E-state index is -0.846. The lowest BCUT2D eigenvalue weighted by molar-refractivity contribution is -0.143. The molecule has 0 saturated carbocycles. The van der Waals surface area contributed by atoms with Crippen molar-refractivity contribution in [3.05, 3.63) is 36.5 Å². The van der Waals surface area contributed by atoms with Crippen molar-refractivity contribution >= 4 is 11.9 Å². The van der Waals surface area contributed by atoms with Crippen molar-refractivity contribution in [2.45, 2.75) is 398 Å². The Morgan fingerprint density at radius 1 is 0.359 bits per heavy atom. The first-order valence-electron chi connectivity index (χ1n) is 35.3. The molecular weight excluding hydrogens is 959 g/mol. The molecule has 0 spiro atoms. The number of ether oxygens (including phenoxy) is 1. The van der Waals surface area contributed by atoms with Crippen molar-refractivity contribution in [2.24, 2.45) is 0 Å². The van der Waals surface area contributed by atoms with Gasteiger partial charge in [-0.1, -0.05) is 352 Å². The summed E-state index contributed by atoms with van der Waals surface area (Å²) in [6.45, 7) is 4.87. The molecule has 0 bridgehead atoms. The van der Waals surface area contributed by atoms with E-state index >= 15 is 0 Å². The third kappa shape index (κ3) is 63.3. The number of hydrogen-bond donors (Lipinski definition) is 3. The van der Waals surface area contributed by atoms with Gasteiger partial charge in [0.25, 0.3) is 0 Å². The average molecular weight is 1100 g/mol. The highest BCUT2D eigenvalue weighted by Crippen LogP contribution is 2.19. The van der Waals surface area contributed by atoms with E-state index < -0.39 is 12.1 Å². The summed E-state index contributed by atoms with van der Waals surface area (Å²) in [6.07, 6.45) is 86.5. The van der Waals surface area contributed by atoms with Crippen LogP contribution in [0.2, 0.25) is 0 Å². The monoisotopic (exact) mass is 1100 g/mol. The number of aliphatic hydroxyl groups excluding tert-OH is 2. The van der Waals surface area contributed by atoms with Gasteiger partial charge in [0.2, 0.25) is 5.91 Å². The zero-order valence-electron chi connectivity index (χ0n) is 52.7. The molecule has 0 fully saturated rings. The molecule has 0 aliphatic rings. The molecule has 6 nitrogen and oxygen atoms in total. The van der Waals surface area contributed by atoms with Gasteiger partial charge in [0.1, 0.15) is 0 Å². The second kappa shape index (κ2) is 67.6. The van der Waals surface area contributed by atoms with E-state index in [0.29, 0.717) is 19.4 Å². The number of carbonyl (C=O) groups is 2. The number of nitrogens with one attached hydrogen (secondary N) is 1. The largest absolute Gasteiger partial charge is 0.466 e. The molecule has 460 valence electrons. The van der Waals surface area contributed by atoms with Crippen LogP contribution in [0.15, 0.2) is 36.5 Å². The molecule has 0 aromatic carbocycles. The van der Waals surface area contributed by atoms with Crippen LogP contribution in [0.5, 0.6) is 0 Å². The van der Waals surface area contributed by atoms with Gasteiger partial charge in [-0.3, -0.25) is 9.59 Å². The Hall–Kier alpha value is -1.92. The van der Waals surface area contributed by atoms with Gasteiger partial charge in [0, 0.05) is 12.8 Å². The molecule has 0 radical (unpaired) electrons. The number of allylic oxidation sites excluding steroid dienone is 5. The SMILES string of the molecule is CCC/C=C\C/C=C\CCCCCCCC(=O)OCCCCCCCCCCCCCCCCCCCCCCCCCC(=O)NC(CO)C(O)/C=C/CCCCCCCCCCCCCCCCCCCCCCCCC. The number of amides is 1. The second-order valence-corrected chi connectivity index (χ2v) is 24.2. The zero-order chi connectivity index (χ0) is 56.4. The number of carbonyl (C=O) groups excluding carboxylic acids is 2. The van der Waals surface area contributed by atoms with Gasteiger partial charge in [0.05, 0.1) is 25.4 Å². The maximum absolute atomic E-state index is 12.5. The van der Waals surface area contributed by atoms with Gasteiger partial charge in [-0.15, -0.1) is 0 Å². The van der Waals surface area contributed by atoms with E-state index in [0.717, 1.165) is 51.4 Å². The van der Waals surface area contributed by atoms with Gasteiger partial charge in [0.15, 0.2) is 0 Å². The quantitative estimate of drug-likeness (QED) is 0.0320. The van der Waals surface area contributed by atoms with E-state index in [1.807, 2.05) is 6.08 Å². The summed E-state index contributed by atoms with van der Waals surface area (Å²) < 4.78 is 5.47. The van der Waals surface area contributed by atoms with E-state index in [2.05, 4.69) is 43.5 Å². The van der Waals surface area contributed by atoms with E-state index in [4.69, 9.17) is 4.74 Å². The summed E-state index contributed by atoms with van der Waals surface area (Å²) >= 11 is 0. The Morgan fingerprint density at radius 3 is 1.03 bits per heavy atom. The third-order valence-corrected chi connectivity index (χ3v) is 16.4. The highest BCUT2D eigenvalue weighted by Gasteiger charge is 2.18. The zero-order valence-corrected chi connectivity index (χ0v) is 52.7. The van der Waals surface area contributed by atoms with Crippen molar-refractivity contribution in [2.75, 3.05) is 13.2 Å². The number of rotatable bonds is 66. The molecule has 78 heavy (non-hydrogen) atoms. The van der Waals surface area contributed by atoms with E-state index in [-0.39, 0.29) is 18.5 Å². The molecule has 0 aromatic heterocycles. The fourth-order valence-corrected chi connectivity index (χ4v) is 11.0. The summed E-state index contributed by atoms with van der Waals surface area (Å²) in [5.41, 5.74) is 0. The molecule has 2 unspecified atom stereocenters. The smallest absolute Gasteiger partial charge is 0.305 e. The topological polar surface area (TPSA) is 95.9 Å². The van der Waals surface area contributed by atoms with Crippen molar-refractivity contribution in [3.8, 4) is 0 Å². The minimum absolute atomic E-state index is 0.000963. The Kier molecular flexibility index (Phi) is 65.9. The Bertz CT molecular complexity index is 1260. The van der Waals surface area contributed by atoms with Crippen LogP contribution in [-0.2, 0) is 14.3 Å². The molecule has 3 N–H and O–H groups in total. The predicted molar refractivity (Wildman–Crippen MR) is 343 cm³/mol. The molecule has 0 aliphatic carbocycles. The van der Waals surface area contributed by atoms with Gasteiger partial charge in [-0.05, 0) is 57.8 Å². The molecule has 1 amide bonds. The lowest BCUT2D eigenvalue weighted by Crippen LogP contribution is -2.45. The van der Waals surface area contributed by atoms with Crippen LogP contribution in [0.1, 0.15) is 386 Å². The maximum Gasteiger partial charge on any atom is 0.305 e. The lowest BCUT2D eigenvalue weighted by atomic mass is 10.0. The number of hydrogen-bond acceptors (Lipinski definition) is 5. The number of unbranched alkanes of at least 4 members (excludes halogenated alkanes) is 51. The van der Waals surface area contributed by atoms with Crippen LogP contribution in [0, 0.1) is 0 Å². The average Bonchev–Trinajstić information content (AvgIpc) is 3.44. The van der Waals surface area contributed by atoms with E-state index in [1.54, 1.807) is 6.08 Å². The summed E-state index contributed by atoms with van der Waals surface area (Å²) in [5, 5.41) is 23.3. The van der Waals surface area contributed by atoms with Gasteiger partial charge in [-0.25, -0.2) is 0 Å². The lowest BCUT2D eigenvalue weighted by Gasteiger charge is -2.20. The van der Waals surface area contributed by atoms with Crippen molar-refractivity contribution in [1.29, 1.82) is 0 Å². The van der Waals surface area contributed by atoms with Gasteiger partial charge >= 0.3 is 5.97 Å². The van der Waals surface area contributed by atoms with Gasteiger partial charge in [-0.2, -0.15) is 0 Å². The van der Waals surface area contributed by atoms with Crippen LogP contribution in [-0.4, -0.2) is 47.4 Å². The Labute approximate surface area is 487 Å². The minimum Gasteiger partial charge on any atom is -0.466 e. The van der Waals surface area contributed by atoms with Crippen LogP contribution in [0.4, 0.5) is 0 Å². The van der Waals surface area contributed by atoms with Crippen LogP contribution < -0.4 is 5.32 Å². The summed E-state index contributed by atoms with van der Waals surface area (Å²) in [7, 11) is 0.